The first-order chi connectivity index (χ1) is 7.72. The van der Waals surface area contributed by atoms with Gasteiger partial charge >= 0.3 is 0 Å². The van der Waals surface area contributed by atoms with Crippen molar-refractivity contribution >= 4 is 21.6 Å². The highest BCUT2D eigenvalue weighted by molar-refractivity contribution is 9.10. The highest BCUT2D eigenvalue weighted by Gasteiger charge is 2.06. The second-order valence-electron chi connectivity index (χ2n) is 3.31. The summed E-state index contributed by atoms with van der Waals surface area (Å²) in [4.78, 5) is 3.94. The van der Waals surface area contributed by atoms with Crippen molar-refractivity contribution in [2.24, 2.45) is 0 Å². The molecule has 0 spiro atoms. The molecule has 0 atom stereocenters. The Balaban J connectivity index is 2.35. The number of rotatable bonds is 2. The molecule has 0 amide bonds. The topological polar surface area (TPSA) is 67.6 Å². The zero-order valence-electron chi connectivity index (χ0n) is 8.39. The van der Waals surface area contributed by atoms with Gasteiger partial charge in [0, 0.05) is 22.6 Å². The number of hydrogen-bond acceptors (Lipinski definition) is 3. The minimum atomic E-state index is 0.398. The number of halogens is 1. The van der Waals surface area contributed by atoms with E-state index < -0.39 is 0 Å². The molecule has 0 bridgehead atoms. The van der Waals surface area contributed by atoms with Crippen LogP contribution in [0.25, 0.3) is 0 Å². The van der Waals surface area contributed by atoms with Crippen LogP contribution in [-0.4, -0.2) is 9.55 Å². The van der Waals surface area contributed by atoms with Gasteiger partial charge in [0.15, 0.2) is 0 Å². The fourth-order valence-corrected chi connectivity index (χ4v) is 1.84. The lowest BCUT2D eigenvalue weighted by molar-refractivity contribution is 0.780. The number of nitrogen functional groups attached to an aromatic ring is 1. The van der Waals surface area contributed by atoms with Crippen molar-refractivity contribution < 1.29 is 0 Å². The lowest BCUT2D eigenvalue weighted by Crippen LogP contribution is -2.03. The minimum absolute atomic E-state index is 0.398. The number of anilines is 1. The molecule has 0 radical (unpaired) electrons. The summed E-state index contributed by atoms with van der Waals surface area (Å²) in [6, 6.07) is 7.71. The van der Waals surface area contributed by atoms with Crippen LogP contribution >= 0.6 is 15.9 Å². The second-order valence-corrected chi connectivity index (χ2v) is 4.10. The molecule has 0 saturated heterocycles. The smallest absolute Gasteiger partial charge is 0.213 e. The molecule has 0 fully saturated rings. The number of benzene rings is 1. The molecule has 80 valence electrons. The first-order valence-electron chi connectivity index (χ1n) is 4.66. The largest absolute Gasteiger partial charge is 0.398 e. The minimum Gasteiger partial charge on any atom is -0.398 e. The summed E-state index contributed by atoms with van der Waals surface area (Å²) in [5, 5.41) is 8.84. The molecular formula is C11H9BrN4. The Morgan fingerprint density at radius 3 is 3.06 bits per heavy atom. The van der Waals surface area contributed by atoms with E-state index in [1.54, 1.807) is 17.0 Å². The van der Waals surface area contributed by atoms with Crippen LogP contribution < -0.4 is 5.73 Å². The van der Waals surface area contributed by atoms with Gasteiger partial charge in [-0.2, -0.15) is 5.26 Å². The molecule has 1 aromatic carbocycles. The Morgan fingerprint density at radius 1 is 1.50 bits per heavy atom. The van der Waals surface area contributed by atoms with Gasteiger partial charge in [0.1, 0.15) is 6.07 Å². The SMILES string of the molecule is N#Cc1nccn1Cc1cccc(N)c1Br. The zero-order valence-corrected chi connectivity index (χ0v) is 9.98. The number of nitriles is 1. The summed E-state index contributed by atoms with van der Waals surface area (Å²) in [5.41, 5.74) is 7.50. The molecule has 1 heterocycles. The average Bonchev–Trinajstić information content (AvgIpc) is 2.72. The van der Waals surface area contributed by atoms with Crippen LogP contribution in [0.3, 0.4) is 0 Å². The van der Waals surface area contributed by atoms with Gasteiger partial charge in [-0.05, 0) is 27.6 Å². The van der Waals surface area contributed by atoms with E-state index in [2.05, 4.69) is 20.9 Å². The highest BCUT2D eigenvalue weighted by Crippen LogP contribution is 2.24. The quantitative estimate of drug-likeness (QED) is 0.855. The van der Waals surface area contributed by atoms with Gasteiger partial charge in [0.2, 0.25) is 5.82 Å². The van der Waals surface area contributed by atoms with Crippen LogP contribution in [0, 0.1) is 11.3 Å². The zero-order chi connectivity index (χ0) is 11.5. The molecule has 2 N–H and O–H groups in total. The molecule has 16 heavy (non-hydrogen) atoms. The van der Waals surface area contributed by atoms with Gasteiger partial charge in [0.25, 0.3) is 0 Å². The number of aromatic nitrogens is 2. The Kier molecular flexibility index (Phi) is 2.93. The number of imidazole rings is 1. The molecule has 2 aromatic rings. The summed E-state index contributed by atoms with van der Waals surface area (Å²) in [5.74, 6) is 0.398. The lowest BCUT2D eigenvalue weighted by Gasteiger charge is -2.08. The van der Waals surface area contributed by atoms with Gasteiger partial charge in [-0.15, -0.1) is 0 Å². The molecule has 0 unspecified atom stereocenters. The first-order valence-corrected chi connectivity index (χ1v) is 5.46. The van der Waals surface area contributed by atoms with Crippen molar-refractivity contribution in [3.63, 3.8) is 0 Å². The van der Waals surface area contributed by atoms with E-state index in [4.69, 9.17) is 11.0 Å². The standard InChI is InChI=1S/C11H9BrN4/c12-11-8(2-1-3-9(11)14)7-16-5-4-15-10(16)6-13/h1-5H,7,14H2. The van der Waals surface area contributed by atoms with E-state index in [1.165, 1.54) is 0 Å². The van der Waals surface area contributed by atoms with Crippen LogP contribution in [0.4, 0.5) is 5.69 Å². The van der Waals surface area contributed by atoms with E-state index in [1.807, 2.05) is 24.3 Å². The van der Waals surface area contributed by atoms with Gasteiger partial charge in [-0.3, -0.25) is 0 Å². The maximum absolute atomic E-state index is 8.84. The van der Waals surface area contributed by atoms with Crippen molar-refractivity contribution in [2.75, 3.05) is 5.73 Å². The van der Waals surface area contributed by atoms with Crippen LogP contribution in [0.15, 0.2) is 35.1 Å². The van der Waals surface area contributed by atoms with E-state index in [9.17, 15) is 0 Å². The Labute approximate surface area is 101 Å². The molecule has 1 aromatic heterocycles. The predicted molar refractivity (Wildman–Crippen MR) is 64.6 cm³/mol. The predicted octanol–water partition coefficient (Wildman–Crippen LogP) is 2.15. The summed E-state index contributed by atoms with van der Waals surface area (Å²) in [6.07, 6.45) is 3.38. The van der Waals surface area contributed by atoms with Crippen LogP contribution in [0.1, 0.15) is 11.4 Å². The number of hydrogen-bond donors (Lipinski definition) is 1. The van der Waals surface area contributed by atoms with Gasteiger partial charge < -0.3 is 10.3 Å². The molecule has 0 saturated carbocycles. The Hall–Kier alpha value is -1.80. The molecule has 0 aliphatic heterocycles. The highest BCUT2D eigenvalue weighted by atomic mass is 79.9. The third-order valence-corrected chi connectivity index (χ3v) is 3.23. The molecule has 0 aliphatic rings. The van der Waals surface area contributed by atoms with Gasteiger partial charge in [-0.25, -0.2) is 4.98 Å². The maximum atomic E-state index is 8.84. The van der Waals surface area contributed by atoms with Crippen LogP contribution in [-0.2, 0) is 6.54 Å². The second kappa shape index (κ2) is 4.37. The fraction of sp³-hybridized carbons (Fsp3) is 0.0909. The third-order valence-electron chi connectivity index (χ3n) is 2.26. The summed E-state index contributed by atoms with van der Waals surface area (Å²) < 4.78 is 2.65. The monoisotopic (exact) mass is 276 g/mol. The van der Waals surface area contributed by atoms with E-state index >= 15 is 0 Å². The Morgan fingerprint density at radius 2 is 2.31 bits per heavy atom. The number of nitrogens with zero attached hydrogens (tertiary/aromatic N) is 3. The normalized spacial score (nSPS) is 10.0. The van der Waals surface area contributed by atoms with Crippen molar-refractivity contribution in [2.45, 2.75) is 6.54 Å². The molecule has 5 heteroatoms. The summed E-state index contributed by atoms with van der Waals surface area (Å²) in [7, 11) is 0. The van der Waals surface area contributed by atoms with E-state index in [0.29, 0.717) is 18.1 Å². The lowest BCUT2D eigenvalue weighted by atomic mass is 10.2. The van der Waals surface area contributed by atoms with Crippen molar-refractivity contribution in [3.05, 3.63) is 46.5 Å². The molecule has 4 nitrogen and oxygen atoms in total. The maximum Gasteiger partial charge on any atom is 0.213 e. The summed E-state index contributed by atoms with van der Waals surface area (Å²) in [6.45, 7) is 0.578. The first kappa shape index (κ1) is 10.7. The van der Waals surface area contributed by atoms with E-state index in [-0.39, 0.29) is 0 Å². The Bertz CT molecular complexity index is 553. The fourth-order valence-electron chi connectivity index (χ4n) is 1.46. The summed E-state index contributed by atoms with van der Waals surface area (Å²) >= 11 is 3.43. The molecule has 2 rings (SSSR count). The third kappa shape index (κ3) is 1.92. The molecule has 0 aliphatic carbocycles. The van der Waals surface area contributed by atoms with E-state index in [0.717, 1.165) is 10.0 Å². The molecular weight excluding hydrogens is 268 g/mol. The number of nitrogens with two attached hydrogens (primary N) is 1. The van der Waals surface area contributed by atoms with Crippen molar-refractivity contribution in [1.29, 1.82) is 5.26 Å². The van der Waals surface area contributed by atoms with Crippen molar-refractivity contribution in [1.82, 2.24) is 9.55 Å². The van der Waals surface area contributed by atoms with Gasteiger partial charge in [0.05, 0.1) is 6.54 Å². The average molecular weight is 277 g/mol. The van der Waals surface area contributed by atoms with Gasteiger partial charge in [-0.1, -0.05) is 12.1 Å². The van der Waals surface area contributed by atoms with Crippen molar-refractivity contribution in [3.8, 4) is 6.07 Å². The van der Waals surface area contributed by atoms with Crippen LogP contribution in [0.5, 0.6) is 0 Å². The van der Waals surface area contributed by atoms with Crippen LogP contribution in [0.2, 0.25) is 0 Å².